The fourth-order valence-corrected chi connectivity index (χ4v) is 3.52. The Bertz CT molecular complexity index is 1010. The van der Waals surface area contributed by atoms with Crippen molar-refractivity contribution in [1.82, 2.24) is 30.0 Å². The highest BCUT2D eigenvalue weighted by Crippen LogP contribution is 2.27. The van der Waals surface area contributed by atoms with E-state index in [1.807, 2.05) is 11.8 Å². The van der Waals surface area contributed by atoms with Crippen LogP contribution in [0.3, 0.4) is 0 Å². The third-order valence-electron chi connectivity index (χ3n) is 5.17. The smallest absolute Gasteiger partial charge is 0.280 e. The highest BCUT2D eigenvalue weighted by molar-refractivity contribution is 5.95. The number of rotatable bonds is 6. The summed E-state index contributed by atoms with van der Waals surface area (Å²) in [5.74, 6) is 2.08. The number of piperidine rings is 1. The lowest BCUT2D eigenvalue weighted by Gasteiger charge is -2.32. The van der Waals surface area contributed by atoms with Gasteiger partial charge < -0.3 is 18.9 Å². The normalized spacial score (nSPS) is 16.5. The summed E-state index contributed by atoms with van der Waals surface area (Å²) in [4.78, 5) is 19.2. The van der Waals surface area contributed by atoms with Crippen molar-refractivity contribution in [2.45, 2.75) is 32.2 Å². The maximum absolute atomic E-state index is 13.1. The van der Waals surface area contributed by atoms with E-state index in [0.717, 1.165) is 12.8 Å². The molecular weight excluding hydrogens is 388 g/mol. The Morgan fingerprint density at radius 3 is 2.67 bits per heavy atom. The number of benzene rings is 1. The van der Waals surface area contributed by atoms with Gasteiger partial charge in [-0.05, 0) is 25.0 Å². The number of ether oxygens (including phenoxy) is 2. The first kappa shape index (κ1) is 19.9. The van der Waals surface area contributed by atoms with Gasteiger partial charge in [0, 0.05) is 31.1 Å². The number of amides is 1. The molecule has 0 radical (unpaired) electrons. The van der Waals surface area contributed by atoms with Gasteiger partial charge in [-0.1, -0.05) is 17.3 Å². The van der Waals surface area contributed by atoms with Gasteiger partial charge in [-0.15, -0.1) is 5.10 Å². The van der Waals surface area contributed by atoms with Crippen molar-refractivity contribution in [3.05, 3.63) is 35.8 Å². The fraction of sp³-hybridized carbons (Fsp3) is 0.450. The van der Waals surface area contributed by atoms with Crippen LogP contribution in [0.4, 0.5) is 0 Å². The lowest BCUT2D eigenvalue weighted by molar-refractivity contribution is 0.0671. The standard InChI is InChI=1S/C20H24N6O4/c1-4-18-21-19(30-23-18)17-12-26(24-22-17)14-6-5-7-25(11-14)20(27)13-8-15(28-2)10-16(9-13)29-3/h8-10,12,14H,4-7,11H2,1-3H3. The molecular formula is C20H24N6O4. The molecule has 1 aromatic carbocycles. The van der Waals surface area contributed by atoms with Crippen LogP contribution in [-0.2, 0) is 6.42 Å². The quantitative estimate of drug-likeness (QED) is 0.607. The lowest BCUT2D eigenvalue weighted by Crippen LogP contribution is -2.40. The molecule has 0 saturated carbocycles. The number of aromatic nitrogens is 5. The largest absolute Gasteiger partial charge is 0.497 e. The van der Waals surface area contributed by atoms with Crippen molar-refractivity contribution in [3.8, 4) is 23.1 Å². The first-order chi connectivity index (χ1) is 14.6. The molecule has 0 bridgehead atoms. The second kappa shape index (κ2) is 8.52. The number of methoxy groups -OCH3 is 2. The molecule has 3 aromatic rings. The summed E-state index contributed by atoms with van der Waals surface area (Å²) in [6.45, 7) is 3.17. The van der Waals surface area contributed by atoms with Crippen molar-refractivity contribution in [3.63, 3.8) is 0 Å². The van der Waals surface area contributed by atoms with Crippen LogP contribution < -0.4 is 9.47 Å². The van der Waals surface area contributed by atoms with E-state index >= 15 is 0 Å². The Morgan fingerprint density at radius 2 is 2.00 bits per heavy atom. The molecule has 1 atom stereocenters. The van der Waals surface area contributed by atoms with Crippen molar-refractivity contribution >= 4 is 5.91 Å². The highest BCUT2D eigenvalue weighted by atomic mass is 16.5. The number of hydrogen-bond acceptors (Lipinski definition) is 8. The molecule has 1 amide bonds. The summed E-state index contributed by atoms with van der Waals surface area (Å²) in [6, 6.07) is 5.21. The number of likely N-dealkylation sites (tertiary alicyclic amines) is 1. The summed E-state index contributed by atoms with van der Waals surface area (Å²) >= 11 is 0. The molecule has 30 heavy (non-hydrogen) atoms. The summed E-state index contributed by atoms with van der Waals surface area (Å²) in [5, 5.41) is 12.3. The van der Waals surface area contributed by atoms with Crippen LogP contribution in [0, 0.1) is 0 Å². The molecule has 4 rings (SSSR count). The van der Waals surface area contributed by atoms with E-state index in [1.165, 1.54) is 0 Å². The molecule has 10 heteroatoms. The Labute approximate surface area is 173 Å². The van der Waals surface area contributed by atoms with Gasteiger partial charge in [-0.2, -0.15) is 4.98 Å². The Kier molecular flexibility index (Phi) is 5.64. The zero-order valence-corrected chi connectivity index (χ0v) is 17.2. The maximum Gasteiger partial charge on any atom is 0.280 e. The van der Waals surface area contributed by atoms with Crippen LogP contribution >= 0.6 is 0 Å². The number of carbonyl (C=O) groups is 1. The second-order valence-electron chi connectivity index (χ2n) is 7.10. The van der Waals surface area contributed by atoms with Crippen LogP contribution in [-0.4, -0.2) is 63.3 Å². The van der Waals surface area contributed by atoms with E-state index in [0.29, 0.717) is 54.0 Å². The van der Waals surface area contributed by atoms with E-state index < -0.39 is 0 Å². The van der Waals surface area contributed by atoms with Gasteiger partial charge in [0.1, 0.15) is 11.5 Å². The molecule has 1 saturated heterocycles. The number of nitrogens with zero attached hydrogens (tertiary/aromatic N) is 6. The van der Waals surface area contributed by atoms with E-state index in [1.54, 1.807) is 43.3 Å². The predicted molar refractivity (Wildman–Crippen MR) is 106 cm³/mol. The second-order valence-corrected chi connectivity index (χ2v) is 7.10. The van der Waals surface area contributed by atoms with Gasteiger partial charge in [0.25, 0.3) is 11.8 Å². The average molecular weight is 412 g/mol. The number of hydrogen-bond donors (Lipinski definition) is 0. The van der Waals surface area contributed by atoms with Crippen LogP contribution in [0.5, 0.6) is 11.5 Å². The lowest BCUT2D eigenvalue weighted by atomic mass is 10.0. The van der Waals surface area contributed by atoms with Gasteiger partial charge in [0.05, 0.1) is 26.5 Å². The topological polar surface area (TPSA) is 108 Å². The molecule has 0 N–H and O–H groups in total. The molecule has 2 aromatic heterocycles. The zero-order chi connectivity index (χ0) is 21.1. The van der Waals surface area contributed by atoms with Gasteiger partial charge >= 0.3 is 0 Å². The van der Waals surface area contributed by atoms with E-state index in [9.17, 15) is 4.79 Å². The summed E-state index contributed by atoms with van der Waals surface area (Å²) < 4.78 is 17.6. The van der Waals surface area contributed by atoms with Gasteiger partial charge in [-0.25, -0.2) is 4.68 Å². The molecule has 158 valence electrons. The monoisotopic (exact) mass is 412 g/mol. The van der Waals surface area contributed by atoms with Crippen molar-refractivity contribution in [2.75, 3.05) is 27.3 Å². The zero-order valence-electron chi connectivity index (χ0n) is 17.2. The first-order valence-electron chi connectivity index (χ1n) is 9.88. The Hall–Kier alpha value is -3.43. The summed E-state index contributed by atoms with van der Waals surface area (Å²) in [6.07, 6.45) is 4.25. The maximum atomic E-state index is 13.1. The molecule has 1 unspecified atom stereocenters. The molecule has 0 aliphatic carbocycles. The summed E-state index contributed by atoms with van der Waals surface area (Å²) in [5.41, 5.74) is 1.06. The first-order valence-corrected chi connectivity index (χ1v) is 9.88. The minimum absolute atomic E-state index is 0.0185. The number of aryl methyl sites for hydroxylation is 1. The fourth-order valence-electron chi connectivity index (χ4n) is 3.52. The van der Waals surface area contributed by atoms with E-state index in [2.05, 4.69) is 20.5 Å². The summed E-state index contributed by atoms with van der Waals surface area (Å²) in [7, 11) is 3.13. The Balaban J connectivity index is 1.50. The van der Waals surface area contributed by atoms with Crippen molar-refractivity contribution < 1.29 is 18.8 Å². The average Bonchev–Trinajstić information content (AvgIpc) is 3.47. The minimum Gasteiger partial charge on any atom is -0.497 e. The number of carbonyl (C=O) groups excluding carboxylic acids is 1. The SMILES string of the molecule is CCc1noc(-c2cn(C3CCCN(C(=O)c4cc(OC)cc(OC)c4)C3)nn2)n1. The van der Waals surface area contributed by atoms with Crippen LogP contribution in [0.1, 0.15) is 42.0 Å². The Morgan fingerprint density at radius 1 is 1.23 bits per heavy atom. The van der Waals surface area contributed by atoms with Gasteiger partial charge in [0.2, 0.25) is 0 Å². The molecule has 1 aliphatic rings. The van der Waals surface area contributed by atoms with E-state index in [-0.39, 0.29) is 11.9 Å². The van der Waals surface area contributed by atoms with Gasteiger partial charge in [0.15, 0.2) is 11.5 Å². The molecule has 10 nitrogen and oxygen atoms in total. The van der Waals surface area contributed by atoms with Crippen molar-refractivity contribution in [1.29, 1.82) is 0 Å². The minimum atomic E-state index is -0.0678. The highest BCUT2D eigenvalue weighted by Gasteiger charge is 2.27. The van der Waals surface area contributed by atoms with Gasteiger partial charge in [-0.3, -0.25) is 4.79 Å². The van der Waals surface area contributed by atoms with Crippen LogP contribution in [0.15, 0.2) is 28.9 Å². The third-order valence-corrected chi connectivity index (χ3v) is 5.17. The van der Waals surface area contributed by atoms with E-state index in [4.69, 9.17) is 14.0 Å². The van der Waals surface area contributed by atoms with Crippen molar-refractivity contribution in [2.24, 2.45) is 0 Å². The van der Waals surface area contributed by atoms with Crippen LogP contribution in [0.25, 0.3) is 11.6 Å². The molecule has 0 spiro atoms. The third kappa shape index (κ3) is 3.98. The molecule has 3 heterocycles. The molecule has 1 aliphatic heterocycles. The predicted octanol–water partition coefficient (Wildman–Crippen LogP) is 2.39. The molecule has 1 fully saturated rings. The van der Waals surface area contributed by atoms with Crippen LogP contribution in [0.2, 0.25) is 0 Å².